The summed E-state index contributed by atoms with van der Waals surface area (Å²) < 4.78 is 7.04. The number of amides is 1. The largest absolute Gasteiger partial charge is 0.351 e. The Morgan fingerprint density at radius 3 is 2.95 bits per heavy atom. The molecule has 0 saturated heterocycles. The second kappa shape index (κ2) is 5.94. The maximum absolute atomic E-state index is 12.3. The summed E-state index contributed by atoms with van der Waals surface area (Å²) in [7, 11) is 0. The van der Waals surface area contributed by atoms with Crippen molar-refractivity contribution in [2.24, 2.45) is 5.92 Å². The Labute approximate surface area is 129 Å². The van der Waals surface area contributed by atoms with E-state index in [-0.39, 0.29) is 17.6 Å². The van der Waals surface area contributed by atoms with Crippen molar-refractivity contribution in [2.75, 3.05) is 5.32 Å². The van der Waals surface area contributed by atoms with Crippen LogP contribution in [0.25, 0.3) is 0 Å². The number of aromatic nitrogens is 3. The topological polar surface area (TPSA) is 73.0 Å². The smallest absolute Gasteiger partial charge is 0.295 e. The average molecular weight is 302 g/mol. The van der Waals surface area contributed by atoms with Crippen LogP contribution in [0.15, 0.2) is 22.9 Å². The van der Waals surface area contributed by atoms with Crippen LogP contribution in [0.5, 0.6) is 0 Å². The fourth-order valence-corrected chi connectivity index (χ4v) is 2.53. The molecule has 3 rings (SSSR count). The molecule has 1 amide bonds. The number of carbonyl (C=O) groups is 1. The van der Waals surface area contributed by atoms with Crippen molar-refractivity contribution in [3.63, 3.8) is 0 Å². The summed E-state index contributed by atoms with van der Waals surface area (Å²) in [4.78, 5) is 12.3. The summed E-state index contributed by atoms with van der Waals surface area (Å²) in [6.07, 6.45) is 5.13. The Balaban J connectivity index is 1.72. The van der Waals surface area contributed by atoms with Gasteiger partial charge in [-0.3, -0.25) is 4.79 Å². The molecule has 22 heavy (non-hydrogen) atoms. The minimum atomic E-state index is -0.285. The van der Waals surface area contributed by atoms with Crippen molar-refractivity contribution in [2.45, 2.75) is 52.0 Å². The third kappa shape index (κ3) is 2.91. The highest BCUT2D eigenvalue weighted by Crippen LogP contribution is 2.40. The molecule has 6 nitrogen and oxygen atoms in total. The van der Waals surface area contributed by atoms with E-state index in [4.69, 9.17) is 4.52 Å². The molecule has 6 heteroatoms. The molecule has 1 N–H and O–H groups in total. The molecule has 2 atom stereocenters. The first-order valence-corrected chi connectivity index (χ1v) is 7.91. The number of hydrogen-bond donors (Lipinski definition) is 1. The third-order valence-electron chi connectivity index (χ3n) is 4.47. The molecule has 2 aromatic rings. The van der Waals surface area contributed by atoms with Gasteiger partial charge < -0.3 is 9.84 Å². The molecule has 0 aromatic carbocycles. The summed E-state index contributed by atoms with van der Waals surface area (Å²) in [5.74, 6) is 1.60. The zero-order valence-electron chi connectivity index (χ0n) is 13.2. The van der Waals surface area contributed by atoms with Crippen LogP contribution in [0.2, 0.25) is 0 Å². The minimum Gasteiger partial charge on any atom is -0.351 e. The molecular formula is C16H22N4O2. The van der Waals surface area contributed by atoms with Crippen LogP contribution in [0, 0.1) is 5.92 Å². The van der Waals surface area contributed by atoms with E-state index in [9.17, 15) is 4.79 Å². The van der Waals surface area contributed by atoms with Crippen LogP contribution >= 0.6 is 0 Å². The predicted octanol–water partition coefficient (Wildman–Crippen LogP) is 3.61. The average Bonchev–Trinajstić information content (AvgIpc) is 3.07. The Bertz CT molecular complexity index is 657. The molecule has 1 fully saturated rings. The van der Waals surface area contributed by atoms with Gasteiger partial charge in [0.1, 0.15) is 5.82 Å². The van der Waals surface area contributed by atoms with E-state index in [1.807, 2.05) is 10.7 Å². The molecule has 2 unspecified atom stereocenters. The van der Waals surface area contributed by atoms with Crippen molar-refractivity contribution < 1.29 is 9.32 Å². The molecule has 0 bridgehead atoms. The SMILES string of the molecule is CCC(C)c1cc(C(=O)Nc2ccnn2C(C)C2CC2)on1. The maximum Gasteiger partial charge on any atom is 0.295 e. The van der Waals surface area contributed by atoms with Crippen LogP contribution in [-0.4, -0.2) is 20.8 Å². The lowest BCUT2D eigenvalue weighted by atomic mass is 10.1. The highest BCUT2D eigenvalue weighted by molar-refractivity contribution is 6.01. The van der Waals surface area contributed by atoms with E-state index in [1.54, 1.807) is 12.3 Å². The third-order valence-corrected chi connectivity index (χ3v) is 4.47. The summed E-state index contributed by atoms with van der Waals surface area (Å²) in [6.45, 7) is 6.28. The molecule has 1 aliphatic carbocycles. The minimum absolute atomic E-state index is 0.238. The number of nitrogens with zero attached hydrogens (tertiary/aromatic N) is 3. The van der Waals surface area contributed by atoms with Gasteiger partial charge in [-0.1, -0.05) is 19.0 Å². The second-order valence-electron chi connectivity index (χ2n) is 6.12. The molecule has 0 aliphatic heterocycles. The van der Waals surface area contributed by atoms with E-state index in [1.165, 1.54) is 12.8 Å². The van der Waals surface area contributed by atoms with Crippen molar-refractivity contribution >= 4 is 11.7 Å². The normalized spacial score (nSPS) is 17.2. The van der Waals surface area contributed by atoms with Crippen molar-refractivity contribution in [3.05, 3.63) is 29.8 Å². The Kier molecular flexibility index (Phi) is 4.00. The zero-order valence-corrected chi connectivity index (χ0v) is 13.2. The van der Waals surface area contributed by atoms with Gasteiger partial charge in [0.15, 0.2) is 0 Å². The molecule has 2 aromatic heterocycles. The van der Waals surface area contributed by atoms with E-state index < -0.39 is 0 Å². The van der Waals surface area contributed by atoms with Crippen LogP contribution in [0.3, 0.4) is 0 Å². The lowest BCUT2D eigenvalue weighted by molar-refractivity contribution is 0.0986. The monoisotopic (exact) mass is 302 g/mol. The molecule has 118 valence electrons. The number of rotatable bonds is 6. The van der Waals surface area contributed by atoms with E-state index >= 15 is 0 Å². The quantitative estimate of drug-likeness (QED) is 0.884. The predicted molar refractivity (Wildman–Crippen MR) is 82.8 cm³/mol. The summed E-state index contributed by atoms with van der Waals surface area (Å²) >= 11 is 0. The van der Waals surface area contributed by atoms with Crippen molar-refractivity contribution in [1.82, 2.24) is 14.9 Å². The van der Waals surface area contributed by atoms with Gasteiger partial charge in [-0.05, 0) is 32.1 Å². The lowest BCUT2D eigenvalue weighted by Gasteiger charge is -2.14. The molecule has 1 aliphatic rings. The van der Waals surface area contributed by atoms with Gasteiger partial charge in [-0.2, -0.15) is 5.10 Å². The van der Waals surface area contributed by atoms with Crippen LogP contribution in [0.1, 0.15) is 68.2 Å². The summed E-state index contributed by atoms with van der Waals surface area (Å²) in [5, 5.41) is 11.2. The van der Waals surface area contributed by atoms with E-state index in [2.05, 4.69) is 36.3 Å². The summed E-state index contributed by atoms with van der Waals surface area (Å²) in [6, 6.07) is 3.83. The van der Waals surface area contributed by atoms with Gasteiger partial charge in [0.2, 0.25) is 5.76 Å². The standard InChI is InChI=1S/C16H22N4O2/c1-4-10(2)13-9-14(22-19-13)16(21)18-15-7-8-17-20(15)11(3)12-5-6-12/h7-12H,4-6H2,1-3H3,(H,18,21). The van der Waals surface area contributed by atoms with Crippen molar-refractivity contribution in [1.29, 1.82) is 0 Å². The fraction of sp³-hybridized carbons (Fsp3) is 0.562. The first-order valence-electron chi connectivity index (χ1n) is 7.91. The number of hydrogen-bond acceptors (Lipinski definition) is 4. The number of carbonyl (C=O) groups excluding carboxylic acids is 1. The van der Waals surface area contributed by atoms with Gasteiger partial charge >= 0.3 is 0 Å². The van der Waals surface area contributed by atoms with Gasteiger partial charge in [0.05, 0.1) is 17.9 Å². The van der Waals surface area contributed by atoms with Gasteiger partial charge in [0, 0.05) is 18.1 Å². The second-order valence-corrected chi connectivity index (χ2v) is 6.12. The number of anilines is 1. The highest BCUT2D eigenvalue weighted by atomic mass is 16.5. The summed E-state index contributed by atoms with van der Waals surface area (Å²) in [5.41, 5.74) is 0.813. The van der Waals surface area contributed by atoms with Gasteiger partial charge in [-0.25, -0.2) is 4.68 Å². The highest BCUT2D eigenvalue weighted by Gasteiger charge is 2.31. The Morgan fingerprint density at radius 2 is 2.27 bits per heavy atom. The Morgan fingerprint density at radius 1 is 1.50 bits per heavy atom. The van der Waals surface area contributed by atoms with E-state index in [0.717, 1.165) is 12.1 Å². The van der Waals surface area contributed by atoms with Gasteiger partial charge in [-0.15, -0.1) is 0 Å². The van der Waals surface area contributed by atoms with Crippen LogP contribution < -0.4 is 5.32 Å². The van der Waals surface area contributed by atoms with Crippen LogP contribution in [0.4, 0.5) is 5.82 Å². The zero-order chi connectivity index (χ0) is 15.7. The number of nitrogens with one attached hydrogen (secondary N) is 1. The first-order chi connectivity index (χ1) is 10.6. The van der Waals surface area contributed by atoms with E-state index in [0.29, 0.717) is 17.8 Å². The van der Waals surface area contributed by atoms with Crippen molar-refractivity contribution in [3.8, 4) is 0 Å². The lowest BCUT2D eigenvalue weighted by Crippen LogP contribution is -2.18. The molecule has 0 radical (unpaired) electrons. The molecular weight excluding hydrogens is 280 g/mol. The molecule has 1 saturated carbocycles. The maximum atomic E-state index is 12.3. The fourth-order valence-electron chi connectivity index (χ4n) is 2.53. The Hall–Kier alpha value is -2.11. The first kappa shape index (κ1) is 14.8. The molecule has 0 spiro atoms. The molecule has 2 heterocycles. The van der Waals surface area contributed by atoms with Gasteiger partial charge in [0.25, 0.3) is 5.91 Å². The van der Waals surface area contributed by atoms with Crippen LogP contribution in [-0.2, 0) is 0 Å².